The minimum absolute atomic E-state index is 0.0910. The number of carbonyl (C=O) groups is 1. The molecule has 1 aliphatic heterocycles. The van der Waals surface area contributed by atoms with Gasteiger partial charge in [-0.15, -0.1) is 0 Å². The highest BCUT2D eigenvalue weighted by atomic mass is 32.2. The Morgan fingerprint density at radius 3 is 2.33 bits per heavy atom. The molecule has 176 valence electrons. The van der Waals surface area contributed by atoms with Gasteiger partial charge in [0.05, 0.1) is 9.82 Å². The first kappa shape index (κ1) is 23.3. The van der Waals surface area contributed by atoms with Gasteiger partial charge in [-0.05, 0) is 43.0 Å². The summed E-state index contributed by atoms with van der Waals surface area (Å²) in [7, 11) is -3.95. The van der Waals surface area contributed by atoms with Crippen molar-refractivity contribution in [1.82, 2.24) is 14.5 Å². The zero-order valence-electron chi connectivity index (χ0n) is 18.1. The minimum Gasteiger partial charge on any atom is -0.352 e. The number of aryl methyl sites for hydroxylation is 1. The molecule has 0 spiro atoms. The van der Waals surface area contributed by atoms with Crippen LogP contribution >= 0.6 is 0 Å². The van der Waals surface area contributed by atoms with E-state index in [9.17, 15) is 27.7 Å². The monoisotopic (exact) mass is 476 g/mol. The van der Waals surface area contributed by atoms with Crippen LogP contribution in [0, 0.1) is 22.9 Å². The van der Waals surface area contributed by atoms with E-state index in [1.807, 2.05) is 4.90 Å². The Morgan fingerprint density at radius 2 is 1.76 bits per heavy atom. The number of halogens is 1. The standard InChI is InChI=1S/C22H25FN4O5S/c1-15-2-9-19(27(29)30)14-20(15)33(31,32)26-12-10-25(11-13-26)21(22(28)24-18-7-8-18)16-3-5-17(23)6-4-16/h2-6,9,14,18,21H,7-8,10-13H2,1H3,(H,24,28). The van der Waals surface area contributed by atoms with Gasteiger partial charge in [0, 0.05) is 44.4 Å². The second-order valence-corrected chi connectivity index (χ2v) is 10.3. The number of non-ortho nitro benzene ring substituents is 1. The Labute approximate surface area is 191 Å². The number of rotatable bonds is 7. The molecule has 1 aliphatic carbocycles. The fraction of sp³-hybridized carbons (Fsp3) is 0.409. The van der Waals surface area contributed by atoms with Gasteiger partial charge in [0.2, 0.25) is 15.9 Å². The van der Waals surface area contributed by atoms with Crippen molar-refractivity contribution < 1.29 is 22.5 Å². The predicted molar refractivity (Wildman–Crippen MR) is 118 cm³/mol. The fourth-order valence-corrected chi connectivity index (χ4v) is 5.67. The molecule has 9 nitrogen and oxygen atoms in total. The van der Waals surface area contributed by atoms with Gasteiger partial charge in [0.15, 0.2) is 0 Å². The molecule has 1 saturated heterocycles. The number of amides is 1. The van der Waals surface area contributed by atoms with Crippen LogP contribution in [0.25, 0.3) is 0 Å². The number of nitrogens with one attached hydrogen (secondary N) is 1. The van der Waals surface area contributed by atoms with Crippen molar-refractivity contribution in [3.8, 4) is 0 Å². The van der Waals surface area contributed by atoms with Crippen LogP contribution in [0.3, 0.4) is 0 Å². The molecule has 1 saturated carbocycles. The average Bonchev–Trinajstić information content (AvgIpc) is 3.59. The largest absolute Gasteiger partial charge is 0.352 e. The van der Waals surface area contributed by atoms with Crippen molar-refractivity contribution >= 4 is 21.6 Å². The number of benzene rings is 2. The van der Waals surface area contributed by atoms with Crippen LogP contribution in [-0.4, -0.2) is 60.7 Å². The van der Waals surface area contributed by atoms with Crippen molar-refractivity contribution in [1.29, 1.82) is 0 Å². The van der Waals surface area contributed by atoms with E-state index < -0.39 is 26.8 Å². The Morgan fingerprint density at radius 1 is 1.12 bits per heavy atom. The fourth-order valence-electron chi connectivity index (χ4n) is 4.00. The second-order valence-electron chi connectivity index (χ2n) is 8.38. The first-order valence-corrected chi connectivity index (χ1v) is 12.2. The Kier molecular flexibility index (Phi) is 6.46. The van der Waals surface area contributed by atoms with Crippen molar-refractivity contribution in [2.75, 3.05) is 26.2 Å². The van der Waals surface area contributed by atoms with Gasteiger partial charge in [-0.2, -0.15) is 4.31 Å². The van der Waals surface area contributed by atoms with Gasteiger partial charge >= 0.3 is 0 Å². The van der Waals surface area contributed by atoms with E-state index in [0.29, 0.717) is 11.1 Å². The maximum atomic E-state index is 13.4. The van der Waals surface area contributed by atoms with Gasteiger partial charge in [-0.3, -0.25) is 19.8 Å². The molecule has 4 rings (SSSR count). The number of nitro groups is 1. The molecule has 0 aromatic heterocycles. The average molecular weight is 477 g/mol. The van der Waals surface area contributed by atoms with Crippen LogP contribution in [-0.2, 0) is 14.8 Å². The molecule has 2 aromatic rings. The van der Waals surface area contributed by atoms with E-state index in [-0.39, 0.29) is 48.7 Å². The minimum atomic E-state index is -3.95. The quantitative estimate of drug-likeness (QED) is 0.485. The molecule has 33 heavy (non-hydrogen) atoms. The smallest absolute Gasteiger partial charge is 0.270 e. The van der Waals surface area contributed by atoms with E-state index in [4.69, 9.17) is 0 Å². The van der Waals surface area contributed by atoms with E-state index in [2.05, 4.69) is 5.32 Å². The van der Waals surface area contributed by atoms with Crippen LogP contribution in [0.2, 0.25) is 0 Å². The molecule has 2 aliphatic rings. The maximum Gasteiger partial charge on any atom is 0.270 e. The zero-order chi connectivity index (χ0) is 23.8. The first-order valence-electron chi connectivity index (χ1n) is 10.7. The van der Waals surface area contributed by atoms with Crippen molar-refractivity contribution in [2.45, 2.75) is 36.7 Å². The number of hydrogen-bond donors (Lipinski definition) is 1. The topological polar surface area (TPSA) is 113 Å². The molecule has 2 aromatic carbocycles. The summed E-state index contributed by atoms with van der Waals surface area (Å²) in [5.41, 5.74) is 0.780. The second kappa shape index (κ2) is 9.16. The summed E-state index contributed by atoms with van der Waals surface area (Å²) in [5, 5.41) is 14.1. The lowest BCUT2D eigenvalue weighted by atomic mass is 10.0. The predicted octanol–water partition coefficient (Wildman–Crippen LogP) is 2.37. The maximum absolute atomic E-state index is 13.4. The van der Waals surface area contributed by atoms with Crippen molar-refractivity contribution in [2.24, 2.45) is 0 Å². The SMILES string of the molecule is Cc1ccc([N+](=O)[O-])cc1S(=O)(=O)N1CCN(C(C(=O)NC2CC2)c2ccc(F)cc2)CC1. The van der Waals surface area contributed by atoms with Crippen LogP contribution < -0.4 is 5.32 Å². The third kappa shape index (κ3) is 5.05. The van der Waals surface area contributed by atoms with E-state index >= 15 is 0 Å². The van der Waals surface area contributed by atoms with Gasteiger partial charge in [-0.25, -0.2) is 12.8 Å². The molecule has 1 N–H and O–H groups in total. The van der Waals surface area contributed by atoms with E-state index in [1.165, 1.54) is 28.6 Å². The van der Waals surface area contributed by atoms with Crippen LogP contribution in [0.15, 0.2) is 47.4 Å². The molecule has 11 heteroatoms. The van der Waals surface area contributed by atoms with E-state index in [1.54, 1.807) is 19.1 Å². The highest BCUT2D eigenvalue weighted by Gasteiger charge is 2.37. The number of nitro benzene ring substituents is 1. The van der Waals surface area contributed by atoms with Gasteiger partial charge < -0.3 is 5.32 Å². The third-order valence-corrected chi connectivity index (χ3v) is 8.04. The molecular weight excluding hydrogens is 451 g/mol. The lowest BCUT2D eigenvalue weighted by Gasteiger charge is -2.38. The van der Waals surface area contributed by atoms with Crippen LogP contribution in [0.5, 0.6) is 0 Å². The van der Waals surface area contributed by atoms with Crippen molar-refractivity contribution in [3.05, 3.63) is 69.5 Å². The Balaban J connectivity index is 1.53. The summed E-state index contributed by atoms with van der Waals surface area (Å²) in [6.07, 6.45) is 1.85. The molecule has 0 bridgehead atoms. The normalized spacial score (nSPS) is 18.6. The summed E-state index contributed by atoms with van der Waals surface area (Å²) >= 11 is 0. The van der Waals surface area contributed by atoms with E-state index in [0.717, 1.165) is 18.9 Å². The summed E-state index contributed by atoms with van der Waals surface area (Å²) in [4.78, 5) is 25.3. The first-order chi connectivity index (χ1) is 15.7. The van der Waals surface area contributed by atoms with Gasteiger partial charge in [-0.1, -0.05) is 18.2 Å². The molecule has 0 radical (unpaired) electrons. The summed E-state index contributed by atoms with van der Waals surface area (Å²) in [6, 6.07) is 9.03. The summed E-state index contributed by atoms with van der Waals surface area (Å²) in [5.74, 6) is -0.585. The van der Waals surface area contributed by atoms with Crippen molar-refractivity contribution in [3.63, 3.8) is 0 Å². The third-order valence-electron chi connectivity index (χ3n) is 6.00. The lowest BCUT2D eigenvalue weighted by Crippen LogP contribution is -2.52. The van der Waals surface area contributed by atoms with Gasteiger partial charge in [0.25, 0.3) is 5.69 Å². The lowest BCUT2D eigenvalue weighted by molar-refractivity contribution is -0.385. The van der Waals surface area contributed by atoms with Crippen LogP contribution in [0.4, 0.5) is 10.1 Å². The highest BCUT2D eigenvalue weighted by molar-refractivity contribution is 7.89. The molecular formula is C22H25FN4O5S. The molecule has 1 unspecified atom stereocenters. The number of piperazine rings is 1. The molecule has 2 fully saturated rings. The summed E-state index contributed by atoms with van der Waals surface area (Å²) in [6.45, 7) is 2.41. The molecule has 1 amide bonds. The summed E-state index contributed by atoms with van der Waals surface area (Å²) < 4.78 is 41.2. The highest BCUT2D eigenvalue weighted by Crippen LogP contribution is 2.29. The number of carbonyl (C=O) groups excluding carboxylic acids is 1. The number of sulfonamides is 1. The van der Waals surface area contributed by atoms with Gasteiger partial charge in [0.1, 0.15) is 11.9 Å². The number of hydrogen-bond acceptors (Lipinski definition) is 6. The zero-order valence-corrected chi connectivity index (χ0v) is 18.9. The Bertz CT molecular complexity index is 1160. The number of nitrogens with zero attached hydrogens (tertiary/aromatic N) is 3. The molecule has 1 heterocycles. The molecule has 1 atom stereocenters. The Hall–Kier alpha value is -2.89. The van der Waals surface area contributed by atoms with Crippen LogP contribution in [0.1, 0.15) is 30.0 Å².